The Morgan fingerprint density at radius 3 is 2.62 bits per heavy atom. The summed E-state index contributed by atoms with van der Waals surface area (Å²) in [5, 5.41) is 9.34. The third kappa shape index (κ3) is 5.59. The lowest BCUT2D eigenvalue weighted by molar-refractivity contribution is -0.138. The highest BCUT2D eigenvalue weighted by atomic mass is 16.4. The molecule has 0 aromatic rings. The van der Waals surface area contributed by atoms with Crippen LogP contribution in [-0.4, -0.2) is 11.1 Å². The standard InChI is InChI=1S/C24H38O2/c1-4-7-9-10-11-19-13-14-20-15-18(6-3)21(17-24(25)26)16-23(20)22(19)12-8-5-2/h12-14,16,18-21H,4-11,15,17H2,1-3H3,(H,25,26)/b22-12+. The van der Waals surface area contributed by atoms with Crippen LogP contribution in [0, 0.1) is 23.7 Å². The number of carbonyl (C=O) groups is 1. The first-order valence-electron chi connectivity index (χ1n) is 10.9. The van der Waals surface area contributed by atoms with Crippen molar-refractivity contribution in [1.29, 1.82) is 0 Å². The molecule has 0 aromatic carbocycles. The molecule has 2 rings (SSSR count). The number of hydrogen-bond donors (Lipinski definition) is 1. The molecule has 0 fully saturated rings. The van der Waals surface area contributed by atoms with E-state index in [4.69, 9.17) is 0 Å². The first-order chi connectivity index (χ1) is 12.6. The molecule has 0 saturated heterocycles. The van der Waals surface area contributed by atoms with Crippen LogP contribution in [0.4, 0.5) is 0 Å². The van der Waals surface area contributed by atoms with Gasteiger partial charge < -0.3 is 5.11 Å². The average Bonchev–Trinajstić information content (AvgIpc) is 2.63. The van der Waals surface area contributed by atoms with Crippen LogP contribution in [0.15, 0.2) is 35.5 Å². The summed E-state index contributed by atoms with van der Waals surface area (Å²) in [7, 11) is 0. The number of hydrogen-bond acceptors (Lipinski definition) is 1. The molecular weight excluding hydrogens is 320 g/mol. The molecular formula is C24H38O2. The van der Waals surface area contributed by atoms with Gasteiger partial charge in [-0.15, -0.1) is 0 Å². The largest absolute Gasteiger partial charge is 0.481 e. The van der Waals surface area contributed by atoms with Gasteiger partial charge in [0.1, 0.15) is 0 Å². The van der Waals surface area contributed by atoms with Crippen molar-refractivity contribution < 1.29 is 9.90 Å². The fraction of sp³-hybridized carbons (Fsp3) is 0.708. The Bertz CT molecular complexity index is 540. The first kappa shape index (κ1) is 21.0. The van der Waals surface area contributed by atoms with E-state index in [1.807, 2.05) is 0 Å². The normalized spacial score (nSPS) is 29.5. The zero-order valence-corrected chi connectivity index (χ0v) is 17.0. The highest BCUT2D eigenvalue weighted by molar-refractivity contribution is 5.67. The Labute approximate surface area is 160 Å². The molecule has 2 aliphatic carbocycles. The van der Waals surface area contributed by atoms with E-state index in [0.29, 0.717) is 17.8 Å². The molecule has 146 valence electrons. The second kappa shape index (κ2) is 10.7. The number of carboxylic acid groups (broad SMARTS) is 1. The van der Waals surface area contributed by atoms with Crippen LogP contribution in [0.25, 0.3) is 0 Å². The van der Waals surface area contributed by atoms with Crippen LogP contribution in [0.2, 0.25) is 0 Å². The smallest absolute Gasteiger partial charge is 0.303 e. The van der Waals surface area contributed by atoms with E-state index in [9.17, 15) is 9.90 Å². The molecule has 0 bridgehead atoms. The molecule has 0 aromatic heterocycles. The van der Waals surface area contributed by atoms with E-state index < -0.39 is 5.97 Å². The van der Waals surface area contributed by atoms with Gasteiger partial charge in [-0.1, -0.05) is 83.6 Å². The second-order valence-electron chi connectivity index (χ2n) is 8.18. The Morgan fingerprint density at radius 2 is 1.96 bits per heavy atom. The van der Waals surface area contributed by atoms with Gasteiger partial charge in [0, 0.05) is 11.8 Å². The van der Waals surface area contributed by atoms with Crippen molar-refractivity contribution >= 4 is 5.97 Å². The quantitative estimate of drug-likeness (QED) is 0.339. The number of rotatable bonds is 10. The summed E-state index contributed by atoms with van der Waals surface area (Å²) in [5.74, 6) is 1.06. The first-order valence-corrected chi connectivity index (χ1v) is 10.9. The highest BCUT2D eigenvalue weighted by Gasteiger charge is 2.34. The topological polar surface area (TPSA) is 37.3 Å². The third-order valence-corrected chi connectivity index (χ3v) is 6.22. The minimum atomic E-state index is -0.662. The number of aliphatic carboxylic acids is 1. The average molecular weight is 359 g/mol. The summed E-state index contributed by atoms with van der Waals surface area (Å²) in [6.07, 6.45) is 20.9. The van der Waals surface area contributed by atoms with Crippen molar-refractivity contribution in [1.82, 2.24) is 0 Å². The third-order valence-electron chi connectivity index (χ3n) is 6.22. The minimum Gasteiger partial charge on any atom is -0.481 e. The number of allylic oxidation sites excluding steroid dienone is 6. The zero-order valence-electron chi connectivity index (χ0n) is 17.0. The van der Waals surface area contributed by atoms with Crippen molar-refractivity contribution in [3.05, 3.63) is 35.5 Å². The van der Waals surface area contributed by atoms with Gasteiger partial charge in [0.25, 0.3) is 0 Å². The summed E-state index contributed by atoms with van der Waals surface area (Å²) in [4.78, 5) is 11.4. The van der Waals surface area contributed by atoms with Gasteiger partial charge in [0.2, 0.25) is 0 Å². The Balaban J connectivity index is 2.23. The molecule has 26 heavy (non-hydrogen) atoms. The van der Waals surface area contributed by atoms with E-state index in [-0.39, 0.29) is 12.3 Å². The molecule has 0 radical (unpaired) electrons. The highest BCUT2D eigenvalue weighted by Crippen LogP contribution is 2.45. The van der Waals surface area contributed by atoms with Crippen molar-refractivity contribution in [3.63, 3.8) is 0 Å². The molecule has 0 amide bonds. The predicted octanol–water partition coefficient (Wildman–Crippen LogP) is 6.93. The zero-order chi connectivity index (χ0) is 18.9. The molecule has 2 nitrogen and oxygen atoms in total. The van der Waals surface area contributed by atoms with Crippen molar-refractivity contribution in [2.75, 3.05) is 0 Å². The fourth-order valence-corrected chi connectivity index (χ4v) is 4.71. The maximum Gasteiger partial charge on any atom is 0.303 e. The van der Waals surface area contributed by atoms with Crippen molar-refractivity contribution in [2.45, 2.75) is 85.0 Å². The van der Waals surface area contributed by atoms with Gasteiger partial charge in [-0.2, -0.15) is 0 Å². The summed E-state index contributed by atoms with van der Waals surface area (Å²) < 4.78 is 0. The van der Waals surface area contributed by atoms with E-state index in [2.05, 4.69) is 45.1 Å². The second-order valence-corrected chi connectivity index (χ2v) is 8.18. The molecule has 4 unspecified atom stereocenters. The van der Waals surface area contributed by atoms with Crippen molar-refractivity contribution in [3.8, 4) is 0 Å². The monoisotopic (exact) mass is 358 g/mol. The molecule has 0 spiro atoms. The molecule has 1 N–H and O–H groups in total. The van der Waals surface area contributed by atoms with Gasteiger partial charge in [-0.3, -0.25) is 4.79 Å². The molecule has 0 aliphatic heterocycles. The SMILES string of the molecule is CCC/C=C1/C2=CC(CC(=O)O)C(CC)CC2C=CC1CCCCCC. The molecule has 0 saturated carbocycles. The van der Waals surface area contributed by atoms with E-state index in [1.165, 1.54) is 49.7 Å². The van der Waals surface area contributed by atoms with Crippen LogP contribution in [0.1, 0.15) is 85.0 Å². The summed E-state index contributed by atoms with van der Waals surface area (Å²) in [5.41, 5.74) is 2.97. The fourth-order valence-electron chi connectivity index (χ4n) is 4.71. The lowest BCUT2D eigenvalue weighted by atomic mass is 9.66. The minimum absolute atomic E-state index is 0.195. The molecule has 0 heterocycles. The van der Waals surface area contributed by atoms with Gasteiger partial charge in [0.05, 0.1) is 6.42 Å². The van der Waals surface area contributed by atoms with Crippen molar-refractivity contribution in [2.24, 2.45) is 23.7 Å². The number of fused-ring (bicyclic) bond motifs is 1. The lowest BCUT2D eigenvalue weighted by Crippen LogP contribution is -2.28. The number of unbranched alkanes of at least 4 members (excludes halogenated alkanes) is 4. The summed E-state index contributed by atoms with van der Waals surface area (Å²) in [6.45, 7) is 6.70. The van der Waals surface area contributed by atoms with Gasteiger partial charge in [-0.25, -0.2) is 0 Å². The van der Waals surface area contributed by atoms with E-state index in [0.717, 1.165) is 19.3 Å². The van der Waals surface area contributed by atoms with E-state index in [1.54, 1.807) is 0 Å². The van der Waals surface area contributed by atoms with Gasteiger partial charge in [-0.05, 0) is 42.2 Å². The predicted molar refractivity (Wildman–Crippen MR) is 110 cm³/mol. The molecule has 2 aliphatic rings. The van der Waals surface area contributed by atoms with Gasteiger partial charge in [0.15, 0.2) is 0 Å². The van der Waals surface area contributed by atoms with Crippen LogP contribution in [0.5, 0.6) is 0 Å². The maximum atomic E-state index is 11.4. The van der Waals surface area contributed by atoms with Crippen LogP contribution in [0.3, 0.4) is 0 Å². The van der Waals surface area contributed by atoms with E-state index >= 15 is 0 Å². The number of carboxylic acids is 1. The summed E-state index contributed by atoms with van der Waals surface area (Å²) in [6, 6.07) is 0. The van der Waals surface area contributed by atoms with Crippen LogP contribution < -0.4 is 0 Å². The Kier molecular flexibility index (Phi) is 8.68. The summed E-state index contributed by atoms with van der Waals surface area (Å²) >= 11 is 0. The maximum absolute atomic E-state index is 11.4. The Morgan fingerprint density at radius 1 is 1.15 bits per heavy atom. The molecule has 4 atom stereocenters. The van der Waals surface area contributed by atoms with Crippen LogP contribution in [-0.2, 0) is 4.79 Å². The Hall–Kier alpha value is -1.31. The van der Waals surface area contributed by atoms with Gasteiger partial charge >= 0.3 is 5.97 Å². The van der Waals surface area contributed by atoms with Crippen LogP contribution >= 0.6 is 0 Å². The molecule has 2 heteroatoms. The lowest BCUT2D eigenvalue weighted by Gasteiger charge is -2.38.